The molecule has 0 radical (unpaired) electrons. The lowest BCUT2D eigenvalue weighted by atomic mass is 10.2. The Morgan fingerprint density at radius 1 is 1.57 bits per heavy atom. The zero-order chi connectivity index (χ0) is 16.2. The molecule has 21 heavy (non-hydrogen) atoms. The number of anilines is 1. The highest BCUT2D eigenvalue weighted by Gasteiger charge is 2.33. The minimum absolute atomic E-state index is 0.310. The summed E-state index contributed by atoms with van der Waals surface area (Å²) >= 11 is 0. The summed E-state index contributed by atoms with van der Waals surface area (Å²) in [6.07, 6.45) is -4.08. The predicted molar refractivity (Wildman–Crippen MR) is 61.5 cm³/mol. The maximum absolute atomic E-state index is 12.4. The molecule has 0 atom stereocenters. The summed E-state index contributed by atoms with van der Waals surface area (Å²) in [6, 6.07) is 2.19. The number of aromatic nitrogens is 1. The number of rotatable bonds is 5. The van der Waals surface area contributed by atoms with Crippen LogP contribution >= 0.6 is 0 Å². The van der Waals surface area contributed by atoms with Crippen LogP contribution in [0.5, 0.6) is 0 Å². The molecule has 0 saturated heterocycles. The van der Waals surface area contributed by atoms with Gasteiger partial charge in [0.2, 0.25) is 0 Å². The van der Waals surface area contributed by atoms with Crippen LogP contribution in [0, 0.1) is 21.4 Å². The maximum Gasteiger partial charge on any atom is 0.405 e. The Labute approximate surface area is 115 Å². The van der Waals surface area contributed by atoms with Gasteiger partial charge in [0.1, 0.15) is 36.7 Å². The number of carbonyl (C=O) groups is 1. The summed E-state index contributed by atoms with van der Waals surface area (Å²) in [5.41, 5.74) is -1.10. The second-order valence-corrected chi connectivity index (χ2v) is 3.80. The Morgan fingerprint density at radius 3 is 2.62 bits per heavy atom. The second kappa shape index (κ2) is 6.04. The molecule has 0 unspecified atom stereocenters. The van der Waals surface area contributed by atoms with Crippen LogP contribution in [0.4, 0.5) is 24.7 Å². The number of hydrogen-bond donors (Lipinski definition) is 1. The highest BCUT2D eigenvalue weighted by molar-refractivity contribution is 5.74. The zero-order valence-corrected chi connectivity index (χ0v) is 10.2. The predicted octanol–water partition coefficient (Wildman–Crippen LogP) is 1.31. The molecule has 1 rings (SSSR count). The molecular weight excluding hydrogens is 297 g/mol. The van der Waals surface area contributed by atoms with Gasteiger partial charge < -0.3 is 10.0 Å². The molecule has 8 nitrogen and oxygen atoms in total. The van der Waals surface area contributed by atoms with E-state index in [4.69, 9.17) is 10.4 Å². The average molecular weight is 304 g/mol. The number of halogens is 3. The van der Waals surface area contributed by atoms with Gasteiger partial charge in [-0.25, -0.2) is 4.98 Å². The standard InChI is InChI=1S/C10H7F3N4O4/c11-10(12,13)5-16(4-8(18)19)9-6(2-14)1-7(3-15-9)17(20)21/h1,3H,4-5H2,(H,18,19). The summed E-state index contributed by atoms with van der Waals surface area (Å²) < 4.78 is 37.3. The molecule has 0 aliphatic heterocycles. The Bertz CT molecular complexity index is 611. The van der Waals surface area contributed by atoms with Crippen molar-refractivity contribution in [1.29, 1.82) is 5.26 Å². The van der Waals surface area contributed by atoms with Gasteiger partial charge in [-0.05, 0) is 0 Å². The molecule has 0 fully saturated rings. The number of pyridine rings is 1. The molecule has 0 spiro atoms. The second-order valence-electron chi connectivity index (χ2n) is 3.80. The first-order valence-electron chi connectivity index (χ1n) is 5.22. The van der Waals surface area contributed by atoms with E-state index in [1.165, 1.54) is 6.07 Å². The van der Waals surface area contributed by atoms with E-state index >= 15 is 0 Å². The van der Waals surface area contributed by atoms with E-state index in [-0.39, 0.29) is 0 Å². The lowest BCUT2D eigenvalue weighted by Crippen LogP contribution is -2.38. The fourth-order valence-electron chi connectivity index (χ4n) is 1.47. The van der Waals surface area contributed by atoms with Gasteiger partial charge in [-0.3, -0.25) is 14.9 Å². The molecule has 112 valence electrons. The molecule has 1 heterocycles. The van der Waals surface area contributed by atoms with Crippen LogP contribution in [0.1, 0.15) is 5.56 Å². The van der Waals surface area contributed by atoms with Crippen molar-refractivity contribution in [2.75, 3.05) is 18.0 Å². The van der Waals surface area contributed by atoms with E-state index in [9.17, 15) is 28.1 Å². The van der Waals surface area contributed by atoms with Gasteiger partial charge in [0.05, 0.1) is 4.92 Å². The number of alkyl halides is 3. The fraction of sp³-hybridized carbons (Fsp3) is 0.300. The monoisotopic (exact) mass is 304 g/mol. The van der Waals surface area contributed by atoms with E-state index in [1.54, 1.807) is 0 Å². The lowest BCUT2D eigenvalue weighted by molar-refractivity contribution is -0.385. The van der Waals surface area contributed by atoms with Crippen LogP contribution in [-0.2, 0) is 4.79 Å². The van der Waals surface area contributed by atoms with Crippen molar-refractivity contribution in [3.05, 3.63) is 27.9 Å². The smallest absolute Gasteiger partial charge is 0.405 e. The van der Waals surface area contributed by atoms with E-state index < -0.39 is 47.2 Å². The van der Waals surface area contributed by atoms with E-state index in [2.05, 4.69) is 4.98 Å². The van der Waals surface area contributed by atoms with E-state index in [1.807, 2.05) is 0 Å². The molecule has 1 aromatic rings. The van der Waals surface area contributed by atoms with E-state index in [0.29, 0.717) is 11.1 Å². The number of nitriles is 1. The molecular formula is C10H7F3N4O4. The van der Waals surface area contributed by atoms with Crippen LogP contribution in [0.3, 0.4) is 0 Å². The quantitative estimate of drug-likeness (QED) is 0.643. The third kappa shape index (κ3) is 4.60. The Kier molecular flexibility index (Phi) is 4.64. The molecule has 0 bridgehead atoms. The fourth-order valence-corrected chi connectivity index (χ4v) is 1.47. The first-order chi connectivity index (χ1) is 9.64. The normalized spacial score (nSPS) is 10.8. The van der Waals surface area contributed by atoms with Crippen LogP contribution < -0.4 is 4.90 Å². The van der Waals surface area contributed by atoms with Crippen molar-refractivity contribution in [2.24, 2.45) is 0 Å². The summed E-state index contributed by atoms with van der Waals surface area (Å²) in [5.74, 6) is -2.15. The van der Waals surface area contributed by atoms with Crippen LogP contribution in [0.25, 0.3) is 0 Å². The molecule has 1 N–H and O–H groups in total. The maximum atomic E-state index is 12.4. The lowest BCUT2D eigenvalue weighted by Gasteiger charge is -2.23. The van der Waals surface area contributed by atoms with Crippen molar-refractivity contribution in [2.45, 2.75) is 6.18 Å². The van der Waals surface area contributed by atoms with Gasteiger partial charge >= 0.3 is 12.1 Å². The van der Waals surface area contributed by atoms with Gasteiger partial charge in [-0.1, -0.05) is 0 Å². The summed E-state index contributed by atoms with van der Waals surface area (Å²) in [7, 11) is 0. The molecule has 0 aliphatic carbocycles. The first-order valence-corrected chi connectivity index (χ1v) is 5.22. The van der Waals surface area contributed by atoms with Crippen molar-refractivity contribution in [3.63, 3.8) is 0 Å². The molecule has 1 aromatic heterocycles. The van der Waals surface area contributed by atoms with Crippen LogP contribution in [-0.4, -0.2) is 40.2 Å². The van der Waals surface area contributed by atoms with Crippen molar-refractivity contribution in [3.8, 4) is 6.07 Å². The zero-order valence-electron chi connectivity index (χ0n) is 10.2. The van der Waals surface area contributed by atoms with Crippen molar-refractivity contribution < 1.29 is 28.0 Å². The molecule has 0 saturated carbocycles. The highest BCUT2D eigenvalue weighted by atomic mass is 19.4. The highest BCUT2D eigenvalue weighted by Crippen LogP contribution is 2.25. The topological polar surface area (TPSA) is 120 Å². The first kappa shape index (κ1) is 16.2. The van der Waals surface area contributed by atoms with Crippen molar-refractivity contribution in [1.82, 2.24) is 4.98 Å². The number of nitro groups is 1. The van der Waals surface area contributed by atoms with Gasteiger partial charge in [-0.15, -0.1) is 0 Å². The summed E-state index contributed by atoms with van der Waals surface area (Å²) in [5, 5.41) is 28.0. The number of hydrogen-bond acceptors (Lipinski definition) is 6. The number of nitrogens with zero attached hydrogens (tertiary/aromatic N) is 4. The third-order valence-electron chi connectivity index (χ3n) is 2.18. The summed E-state index contributed by atoms with van der Waals surface area (Å²) in [6.45, 7) is -2.71. The molecule has 0 amide bonds. The number of carboxylic acids is 1. The Hall–Kier alpha value is -2.90. The average Bonchev–Trinajstić information content (AvgIpc) is 2.34. The Balaban J connectivity index is 3.27. The number of carboxylic acid groups (broad SMARTS) is 1. The van der Waals surface area contributed by atoms with Gasteiger partial charge in [-0.2, -0.15) is 18.4 Å². The van der Waals surface area contributed by atoms with Gasteiger partial charge in [0.25, 0.3) is 5.69 Å². The molecule has 0 aliphatic rings. The summed E-state index contributed by atoms with van der Waals surface area (Å²) in [4.78, 5) is 24.0. The SMILES string of the molecule is N#Cc1cc([N+](=O)[O-])cnc1N(CC(=O)O)CC(F)(F)F. The minimum atomic E-state index is -4.73. The molecule has 0 aromatic carbocycles. The van der Waals surface area contributed by atoms with E-state index in [0.717, 1.165) is 6.07 Å². The largest absolute Gasteiger partial charge is 0.480 e. The Morgan fingerprint density at radius 2 is 2.19 bits per heavy atom. The van der Waals surface area contributed by atoms with Crippen molar-refractivity contribution >= 4 is 17.5 Å². The van der Waals surface area contributed by atoms with Crippen LogP contribution in [0.15, 0.2) is 12.3 Å². The third-order valence-corrected chi connectivity index (χ3v) is 2.18. The van der Waals surface area contributed by atoms with Crippen LogP contribution in [0.2, 0.25) is 0 Å². The number of aliphatic carboxylic acids is 1. The minimum Gasteiger partial charge on any atom is -0.480 e. The molecule has 11 heteroatoms. The van der Waals surface area contributed by atoms with Gasteiger partial charge in [0, 0.05) is 6.07 Å². The van der Waals surface area contributed by atoms with Gasteiger partial charge in [0.15, 0.2) is 0 Å².